The molecular weight excluding hydrogens is 505 g/mol. The van der Waals surface area contributed by atoms with Crippen LogP contribution in [-0.2, 0) is 4.79 Å². The first-order valence-corrected chi connectivity index (χ1v) is 10.6. The number of nitrogens with zero attached hydrogens (tertiary/aromatic N) is 1. The maximum atomic E-state index is 12.9. The minimum Gasteiger partial charge on any atom is -0.497 e. The highest BCUT2D eigenvalue weighted by Gasteiger charge is 2.33. The van der Waals surface area contributed by atoms with Gasteiger partial charge >= 0.3 is 0 Å². The van der Waals surface area contributed by atoms with Gasteiger partial charge in [-0.15, -0.1) is 0 Å². The van der Waals surface area contributed by atoms with Crippen molar-refractivity contribution in [2.75, 3.05) is 12.0 Å². The number of amides is 1. The SMILES string of the molecule is COc1ccc(N2C(=O)C(=Cc3ccc(-c4ccc(I)cc4)o3)SC2=S)cc1. The highest BCUT2D eigenvalue weighted by molar-refractivity contribution is 14.1. The topological polar surface area (TPSA) is 42.7 Å². The van der Waals surface area contributed by atoms with Crippen molar-refractivity contribution < 1.29 is 13.9 Å². The molecule has 2 heterocycles. The molecule has 140 valence electrons. The molecule has 0 radical (unpaired) electrons. The van der Waals surface area contributed by atoms with Gasteiger partial charge in [-0.2, -0.15) is 0 Å². The number of halogens is 1. The zero-order chi connectivity index (χ0) is 19.7. The van der Waals surface area contributed by atoms with Gasteiger partial charge in [-0.05, 0) is 71.1 Å². The summed E-state index contributed by atoms with van der Waals surface area (Å²) in [6.45, 7) is 0. The fourth-order valence-corrected chi connectivity index (χ4v) is 4.39. The molecule has 4 nitrogen and oxygen atoms in total. The van der Waals surface area contributed by atoms with E-state index in [0.717, 1.165) is 20.6 Å². The number of thiocarbonyl (C=S) groups is 1. The van der Waals surface area contributed by atoms with Crippen LogP contribution in [-0.4, -0.2) is 17.3 Å². The third-order valence-corrected chi connectivity index (χ3v) is 6.17. The zero-order valence-corrected chi connectivity index (χ0v) is 18.5. The van der Waals surface area contributed by atoms with Gasteiger partial charge < -0.3 is 9.15 Å². The second kappa shape index (κ2) is 8.10. The molecule has 0 N–H and O–H groups in total. The van der Waals surface area contributed by atoms with E-state index in [0.29, 0.717) is 20.7 Å². The molecule has 2 aromatic carbocycles. The van der Waals surface area contributed by atoms with Gasteiger partial charge in [0.05, 0.1) is 17.7 Å². The van der Waals surface area contributed by atoms with Gasteiger partial charge in [0.25, 0.3) is 5.91 Å². The smallest absolute Gasteiger partial charge is 0.270 e. The predicted octanol–water partition coefficient (Wildman–Crippen LogP) is 5.97. The summed E-state index contributed by atoms with van der Waals surface area (Å²) < 4.78 is 12.7. The van der Waals surface area contributed by atoms with Gasteiger partial charge in [-0.3, -0.25) is 9.69 Å². The van der Waals surface area contributed by atoms with E-state index >= 15 is 0 Å². The number of carbonyl (C=O) groups is 1. The van der Waals surface area contributed by atoms with E-state index in [9.17, 15) is 4.79 Å². The quantitative estimate of drug-likeness (QED) is 0.242. The van der Waals surface area contributed by atoms with Crippen LogP contribution in [0.15, 0.2) is 70.0 Å². The maximum Gasteiger partial charge on any atom is 0.270 e. The molecule has 1 amide bonds. The molecular formula is C21H14INO3S2. The first-order valence-electron chi connectivity index (χ1n) is 8.33. The van der Waals surface area contributed by atoms with Crippen molar-refractivity contribution in [1.29, 1.82) is 0 Å². The van der Waals surface area contributed by atoms with Crippen LogP contribution in [0.3, 0.4) is 0 Å². The van der Waals surface area contributed by atoms with Crippen LogP contribution in [0.4, 0.5) is 5.69 Å². The number of thioether (sulfide) groups is 1. The largest absolute Gasteiger partial charge is 0.497 e. The number of furan rings is 1. The van der Waals surface area contributed by atoms with Gasteiger partial charge in [0, 0.05) is 15.2 Å². The van der Waals surface area contributed by atoms with Crippen LogP contribution in [0.5, 0.6) is 5.75 Å². The predicted molar refractivity (Wildman–Crippen MR) is 126 cm³/mol. The van der Waals surface area contributed by atoms with Crippen molar-refractivity contribution >= 4 is 68.6 Å². The van der Waals surface area contributed by atoms with E-state index in [-0.39, 0.29) is 5.91 Å². The molecule has 1 aromatic heterocycles. The molecule has 3 aromatic rings. The first-order chi connectivity index (χ1) is 13.5. The Kier molecular flexibility index (Phi) is 5.56. The normalized spacial score (nSPS) is 15.5. The number of rotatable bonds is 4. The van der Waals surface area contributed by atoms with Crippen molar-refractivity contribution in [1.82, 2.24) is 0 Å². The lowest BCUT2D eigenvalue weighted by atomic mass is 10.2. The fraction of sp³-hybridized carbons (Fsp3) is 0.0476. The summed E-state index contributed by atoms with van der Waals surface area (Å²) in [5.41, 5.74) is 1.71. The number of benzene rings is 2. The second-order valence-corrected chi connectivity index (χ2v) is 8.85. The van der Waals surface area contributed by atoms with Crippen LogP contribution in [0.2, 0.25) is 0 Å². The fourth-order valence-electron chi connectivity index (χ4n) is 2.75. The number of hydrogen-bond donors (Lipinski definition) is 0. The summed E-state index contributed by atoms with van der Waals surface area (Å²) in [5.74, 6) is 1.94. The molecule has 1 aliphatic heterocycles. The summed E-state index contributed by atoms with van der Waals surface area (Å²) in [5, 5.41) is 0. The molecule has 1 fully saturated rings. The summed E-state index contributed by atoms with van der Waals surface area (Å²) in [4.78, 5) is 14.9. The Morgan fingerprint density at radius 3 is 2.46 bits per heavy atom. The number of anilines is 1. The standard InChI is InChI=1S/C21H14INO3S2/c1-25-16-8-6-15(7-9-16)23-20(24)19(28-21(23)27)12-17-10-11-18(26-17)13-2-4-14(22)5-3-13/h2-12H,1H3. The van der Waals surface area contributed by atoms with E-state index in [2.05, 4.69) is 22.6 Å². The van der Waals surface area contributed by atoms with Crippen LogP contribution >= 0.6 is 46.6 Å². The Bertz CT molecular complexity index is 1070. The van der Waals surface area contributed by atoms with Gasteiger partial charge in [-0.25, -0.2) is 0 Å². The lowest BCUT2D eigenvalue weighted by molar-refractivity contribution is -0.113. The van der Waals surface area contributed by atoms with E-state index in [1.165, 1.54) is 16.7 Å². The third kappa shape index (κ3) is 3.87. The van der Waals surface area contributed by atoms with Crippen LogP contribution in [0.1, 0.15) is 5.76 Å². The van der Waals surface area contributed by atoms with E-state index in [1.54, 1.807) is 25.3 Å². The molecule has 28 heavy (non-hydrogen) atoms. The summed E-state index contributed by atoms with van der Waals surface area (Å²) in [6, 6.07) is 19.1. The van der Waals surface area contributed by atoms with E-state index < -0.39 is 0 Å². The lowest BCUT2D eigenvalue weighted by Crippen LogP contribution is -2.27. The van der Waals surface area contributed by atoms with Crippen molar-refractivity contribution in [3.05, 3.63) is 74.9 Å². The van der Waals surface area contributed by atoms with E-state index in [4.69, 9.17) is 21.4 Å². The Morgan fingerprint density at radius 1 is 1.07 bits per heavy atom. The molecule has 0 saturated carbocycles. The molecule has 0 unspecified atom stereocenters. The Hall–Kier alpha value is -2.10. The zero-order valence-electron chi connectivity index (χ0n) is 14.7. The molecule has 1 aliphatic rings. The highest BCUT2D eigenvalue weighted by atomic mass is 127. The lowest BCUT2D eigenvalue weighted by Gasteiger charge is -2.14. The maximum absolute atomic E-state index is 12.9. The second-order valence-electron chi connectivity index (χ2n) is 5.92. The average molecular weight is 519 g/mol. The molecule has 0 atom stereocenters. The number of carbonyl (C=O) groups excluding carboxylic acids is 1. The summed E-state index contributed by atoms with van der Waals surface area (Å²) >= 11 is 8.94. The van der Waals surface area contributed by atoms with Crippen LogP contribution < -0.4 is 9.64 Å². The van der Waals surface area contributed by atoms with Crippen molar-refractivity contribution in [2.45, 2.75) is 0 Å². The number of ether oxygens (including phenoxy) is 1. The van der Waals surface area contributed by atoms with E-state index in [1.807, 2.05) is 48.5 Å². The third-order valence-electron chi connectivity index (χ3n) is 4.15. The molecule has 0 bridgehead atoms. The van der Waals surface area contributed by atoms with Crippen molar-refractivity contribution in [3.8, 4) is 17.1 Å². The average Bonchev–Trinajstić information content (AvgIpc) is 3.27. The van der Waals surface area contributed by atoms with Gasteiger partial charge in [0.2, 0.25) is 0 Å². The summed E-state index contributed by atoms with van der Waals surface area (Å²) in [6.07, 6.45) is 1.74. The molecule has 7 heteroatoms. The summed E-state index contributed by atoms with van der Waals surface area (Å²) in [7, 11) is 1.60. The molecule has 0 spiro atoms. The van der Waals surface area contributed by atoms with Gasteiger partial charge in [0.1, 0.15) is 17.3 Å². The Labute approximate surface area is 185 Å². The molecule has 4 rings (SSSR count). The number of hydrogen-bond acceptors (Lipinski definition) is 5. The van der Waals surface area contributed by atoms with Gasteiger partial charge in [-0.1, -0.05) is 36.1 Å². The Morgan fingerprint density at radius 2 is 1.79 bits per heavy atom. The van der Waals surface area contributed by atoms with Crippen LogP contribution in [0, 0.1) is 3.57 Å². The molecule has 0 aliphatic carbocycles. The molecule has 1 saturated heterocycles. The monoisotopic (exact) mass is 519 g/mol. The van der Waals surface area contributed by atoms with Crippen molar-refractivity contribution in [2.24, 2.45) is 0 Å². The minimum absolute atomic E-state index is 0.160. The number of methoxy groups -OCH3 is 1. The van der Waals surface area contributed by atoms with Crippen molar-refractivity contribution in [3.63, 3.8) is 0 Å². The Balaban J connectivity index is 1.58. The van der Waals surface area contributed by atoms with Gasteiger partial charge in [0.15, 0.2) is 4.32 Å². The minimum atomic E-state index is -0.160. The highest BCUT2D eigenvalue weighted by Crippen LogP contribution is 2.37. The first kappa shape index (κ1) is 19.2. The van der Waals surface area contributed by atoms with Crippen LogP contribution in [0.25, 0.3) is 17.4 Å².